The number of anilines is 1. The third kappa shape index (κ3) is 4.11. The van der Waals surface area contributed by atoms with Gasteiger partial charge in [-0.1, -0.05) is 42.0 Å². The van der Waals surface area contributed by atoms with Crippen LogP contribution < -0.4 is 20.7 Å². The van der Waals surface area contributed by atoms with Crippen LogP contribution in [0.5, 0.6) is 5.75 Å². The van der Waals surface area contributed by atoms with Crippen molar-refractivity contribution in [2.45, 2.75) is 26.8 Å². The zero-order chi connectivity index (χ0) is 19.4. The van der Waals surface area contributed by atoms with Gasteiger partial charge in [-0.15, -0.1) is 0 Å². The summed E-state index contributed by atoms with van der Waals surface area (Å²) < 4.78 is 5.58. The maximum absolute atomic E-state index is 13.1. The maximum Gasteiger partial charge on any atom is 0.319 e. The summed E-state index contributed by atoms with van der Waals surface area (Å²) in [5.74, 6) is 0.309. The van der Waals surface area contributed by atoms with Gasteiger partial charge in [0.2, 0.25) is 0 Å². The van der Waals surface area contributed by atoms with E-state index in [2.05, 4.69) is 16.0 Å². The number of hydrogen-bond acceptors (Lipinski definition) is 3. The Morgan fingerprint density at radius 2 is 1.81 bits per heavy atom. The minimum atomic E-state index is -0.529. The minimum absolute atomic E-state index is 0.294. The number of nitrogens with one attached hydrogen (secondary N) is 3. The summed E-state index contributed by atoms with van der Waals surface area (Å²) in [6.45, 7) is 6.10. The maximum atomic E-state index is 13.1. The van der Waals surface area contributed by atoms with Crippen molar-refractivity contribution in [2.75, 3.05) is 11.9 Å². The number of carbonyl (C=O) groups excluding carboxylic acids is 2. The number of carbonyl (C=O) groups is 2. The number of ether oxygens (including phenoxy) is 1. The standard InChI is InChI=1S/C21H23N3O3/c1-4-27-17-8-6-5-7-16(17)23-20(25)18-14(3)22-21(26)24-19(18)15-11-9-13(2)10-12-15/h5-12,19H,4H2,1-3H3,(H,23,25)(H2,22,24,26)/t19-/m0/s1. The zero-order valence-corrected chi connectivity index (χ0v) is 15.6. The van der Waals surface area contributed by atoms with Crippen molar-refractivity contribution in [1.29, 1.82) is 0 Å². The lowest BCUT2D eigenvalue weighted by Crippen LogP contribution is -2.46. The molecule has 0 bridgehead atoms. The number of aryl methyl sites for hydroxylation is 1. The molecule has 0 unspecified atom stereocenters. The highest BCUT2D eigenvalue weighted by atomic mass is 16.5. The molecule has 27 heavy (non-hydrogen) atoms. The largest absolute Gasteiger partial charge is 0.492 e. The first-order valence-corrected chi connectivity index (χ1v) is 8.87. The van der Waals surface area contributed by atoms with Gasteiger partial charge in [-0.05, 0) is 38.5 Å². The summed E-state index contributed by atoms with van der Waals surface area (Å²) in [6.07, 6.45) is 0. The van der Waals surface area contributed by atoms with Gasteiger partial charge in [-0.25, -0.2) is 4.79 Å². The van der Waals surface area contributed by atoms with E-state index in [9.17, 15) is 9.59 Å². The van der Waals surface area contributed by atoms with Gasteiger partial charge in [-0.3, -0.25) is 4.79 Å². The fourth-order valence-electron chi connectivity index (χ4n) is 3.04. The predicted molar refractivity (Wildman–Crippen MR) is 105 cm³/mol. The second-order valence-corrected chi connectivity index (χ2v) is 6.36. The molecular formula is C21H23N3O3. The highest BCUT2D eigenvalue weighted by Crippen LogP contribution is 2.30. The molecule has 140 valence electrons. The summed E-state index contributed by atoms with van der Waals surface area (Å²) in [5.41, 5.74) is 3.53. The minimum Gasteiger partial charge on any atom is -0.492 e. The van der Waals surface area contributed by atoms with Crippen LogP contribution in [-0.4, -0.2) is 18.5 Å². The molecule has 0 radical (unpaired) electrons. The smallest absolute Gasteiger partial charge is 0.319 e. The first-order valence-electron chi connectivity index (χ1n) is 8.87. The summed E-state index contributed by atoms with van der Waals surface area (Å²) in [6, 6.07) is 14.2. The Kier molecular flexibility index (Phi) is 5.45. The Morgan fingerprint density at radius 3 is 2.52 bits per heavy atom. The molecule has 0 aliphatic carbocycles. The molecule has 6 nitrogen and oxygen atoms in total. The van der Waals surface area contributed by atoms with Gasteiger partial charge in [0.25, 0.3) is 5.91 Å². The number of hydrogen-bond donors (Lipinski definition) is 3. The topological polar surface area (TPSA) is 79.5 Å². The third-order valence-electron chi connectivity index (χ3n) is 4.36. The molecule has 3 rings (SSSR count). The fourth-order valence-corrected chi connectivity index (χ4v) is 3.04. The van der Waals surface area contributed by atoms with Gasteiger partial charge in [0.05, 0.1) is 23.9 Å². The predicted octanol–water partition coefficient (Wildman–Crippen LogP) is 3.66. The molecule has 0 spiro atoms. The van der Waals surface area contributed by atoms with Crippen LogP contribution >= 0.6 is 0 Å². The molecule has 0 saturated heterocycles. The van der Waals surface area contributed by atoms with E-state index in [1.54, 1.807) is 19.1 Å². The molecule has 2 aromatic rings. The highest BCUT2D eigenvalue weighted by Gasteiger charge is 2.31. The van der Waals surface area contributed by atoms with E-state index in [1.165, 1.54) is 0 Å². The fraction of sp³-hybridized carbons (Fsp3) is 0.238. The van der Waals surface area contributed by atoms with E-state index >= 15 is 0 Å². The van der Waals surface area contributed by atoms with E-state index in [0.717, 1.165) is 11.1 Å². The number of amides is 3. The molecule has 1 heterocycles. The molecule has 1 aliphatic rings. The van der Waals surface area contributed by atoms with Gasteiger partial charge in [0.15, 0.2) is 0 Å². The molecule has 1 atom stereocenters. The molecule has 3 N–H and O–H groups in total. The van der Waals surface area contributed by atoms with Crippen molar-refractivity contribution in [3.05, 3.63) is 70.9 Å². The Labute approximate surface area is 158 Å². The van der Waals surface area contributed by atoms with Crippen LogP contribution in [0, 0.1) is 6.92 Å². The number of benzene rings is 2. The summed E-state index contributed by atoms with van der Waals surface area (Å²) in [5, 5.41) is 8.43. The Balaban J connectivity index is 1.93. The van der Waals surface area contributed by atoms with Crippen molar-refractivity contribution >= 4 is 17.6 Å². The summed E-state index contributed by atoms with van der Waals surface area (Å²) >= 11 is 0. The average Bonchev–Trinajstić information content (AvgIpc) is 2.63. The SMILES string of the molecule is CCOc1ccccc1NC(=O)C1=C(C)NC(=O)N[C@H]1c1ccc(C)cc1. The lowest BCUT2D eigenvalue weighted by molar-refractivity contribution is -0.113. The van der Waals surface area contributed by atoms with Crippen LogP contribution in [0.1, 0.15) is 31.0 Å². The van der Waals surface area contributed by atoms with Crippen molar-refractivity contribution in [3.8, 4) is 5.75 Å². The summed E-state index contributed by atoms with van der Waals surface area (Å²) in [7, 11) is 0. The highest BCUT2D eigenvalue weighted by molar-refractivity contribution is 6.07. The monoisotopic (exact) mass is 365 g/mol. The van der Waals surface area contributed by atoms with E-state index in [4.69, 9.17) is 4.74 Å². The Hall–Kier alpha value is -3.28. The third-order valence-corrected chi connectivity index (χ3v) is 4.36. The Bertz CT molecular complexity index is 888. The second-order valence-electron chi connectivity index (χ2n) is 6.36. The van der Waals surface area contributed by atoms with Crippen LogP contribution in [0.3, 0.4) is 0 Å². The molecular weight excluding hydrogens is 342 g/mol. The van der Waals surface area contributed by atoms with Crippen LogP contribution in [0.2, 0.25) is 0 Å². The molecule has 1 aliphatic heterocycles. The molecule has 2 aromatic carbocycles. The van der Waals surface area contributed by atoms with E-state index in [-0.39, 0.29) is 11.9 Å². The van der Waals surface area contributed by atoms with Crippen molar-refractivity contribution in [1.82, 2.24) is 10.6 Å². The average molecular weight is 365 g/mol. The zero-order valence-electron chi connectivity index (χ0n) is 15.6. The molecule has 0 aromatic heterocycles. The molecule has 3 amide bonds. The van der Waals surface area contributed by atoms with Crippen LogP contribution in [0.15, 0.2) is 59.8 Å². The van der Waals surface area contributed by atoms with Crippen LogP contribution in [0.25, 0.3) is 0 Å². The van der Waals surface area contributed by atoms with Crippen LogP contribution in [-0.2, 0) is 4.79 Å². The van der Waals surface area contributed by atoms with Gasteiger partial charge < -0.3 is 20.7 Å². The number of allylic oxidation sites excluding steroid dienone is 1. The normalized spacial score (nSPS) is 16.4. The van der Waals surface area contributed by atoms with Crippen LogP contribution in [0.4, 0.5) is 10.5 Å². The van der Waals surface area contributed by atoms with Gasteiger partial charge >= 0.3 is 6.03 Å². The van der Waals surface area contributed by atoms with E-state index in [0.29, 0.717) is 29.3 Å². The van der Waals surface area contributed by atoms with Crippen molar-refractivity contribution < 1.29 is 14.3 Å². The van der Waals surface area contributed by atoms with Crippen molar-refractivity contribution in [2.24, 2.45) is 0 Å². The summed E-state index contributed by atoms with van der Waals surface area (Å²) in [4.78, 5) is 25.1. The number of urea groups is 1. The number of rotatable bonds is 5. The van der Waals surface area contributed by atoms with Gasteiger partial charge in [-0.2, -0.15) is 0 Å². The quantitative estimate of drug-likeness (QED) is 0.756. The molecule has 6 heteroatoms. The molecule has 0 fully saturated rings. The first kappa shape index (κ1) is 18.5. The Morgan fingerprint density at radius 1 is 1.11 bits per heavy atom. The molecule has 0 saturated carbocycles. The lowest BCUT2D eigenvalue weighted by Gasteiger charge is -2.29. The lowest BCUT2D eigenvalue weighted by atomic mass is 9.94. The number of para-hydroxylation sites is 2. The van der Waals surface area contributed by atoms with Gasteiger partial charge in [0.1, 0.15) is 5.75 Å². The van der Waals surface area contributed by atoms with Gasteiger partial charge in [0, 0.05) is 5.70 Å². The van der Waals surface area contributed by atoms with Crippen molar-refractivity contribution in [3.63, 3.8) is 0 Å². The first-order chi connectivity index (χ1) is 13.0. The van der Waals surface area contributed by atoms with E-state index in [1.807, 2.05) is 50.2 Å². The van der Waals surface area contributed by atoms with E-state index < -0.39 is 6.04 Å². The second kappa shape index (κ2) is 7.95.